The molecule has 1 N–H and O–H groups in total. The Kier molecular flexibility index (Phi) is 3.51. The van der Waals surface area contributed by atoms with Gasteiger partial charge in [0.15, 0.2) is 0 Å². The average molecular weight is 206 g/mol. The number of aryl methyl sites for hydroxylation is 2. The van der Waals surface area contributed by atoms with E-state index in [1.807, 2.05) is 6.92 Å². The molecule has 0 fully saturated rings. The van der Waals surface area contributed by atoms with E-state index in [0.717, 1.165) is 0 Å². The van der Waals surface area contributed by atoms with Gasteiger partial charge in [-0.2, -0.15) is 0 Å². The van der Waals surface area contributed by atoms with E-state index in [4.69, 9.17) is 10.9 Å². The van der Waals surface area contributed by atoms with Crippen LogP contribution in [0.4, 0.5) is 0 Å². The summed E-state index contributed by atoms with van der Waals surface area (Å²) in [5, 5.41) is 6.50. The van der Waals surface area contributed by atoms with Crippen molar-refractivity contribution in [1.82, 2.24) is 10.5 Å². The van der Waals surface area contributed by atoms with E-state index in [2.05, 4.69) is 16.4 Å². The minimum absolute atomic E-state index is 0.0452. The van der Waals surface area contributed by atoms with Crippen molar-refractivity contribution in [3.05, 3.63) is 17.0 Å². The summed E-state index contributed by atoms with van der Waals surface area (Å²) in [6.07, 6.45) is 5.66. The van der Waals surface area contributed by atoms with E-state index in [-0.39, 0.29) is 11.9 Å². The Bertz CT molecular complexity index is 382. The fraction of sp³-hybridized carbons (Fsp3) is 0.455. The molecule has 4 heteroatoms. The van der Waals surface area contributed by atoms with Crippen molar-refractivity contribution in [2.24, 2.45) is 0 Å². The molecule has 15 heavy (non-hydrogen) atoms. The number of aromatic nitrogens is 1. The van der Waals surface area contributed by atoms with Crippen molar-refractivity contribution in [3.8, 4) is 12.3 Å². The van der Waals surface area contributed by atoms with E-state index in [1.54, 1.807) is 13.8 Å². The zero-order chi connectivity index (χ0) is 11.4. The molecule has 1 unspecified atom stereocenters. The molecule has 0 bridgehead atoms. The van der Waals surface area contributed by atoms with Crippen LogP contribution in [0.1, 0.15) is 35.2 Å². The first kappa shape index (κ1) is 11.3. The summed E-state index contributed by atoms with van der Waals surface area (Å²) in [7, 11) is 0. The molecule has 1 aromatic rings. The number of hydrogen-bond acceptors (Lipinski definition) is 3. The topological polar surface area (TPSA) is 55.1 Å². The number of carbonyl (C=O) groups is 1. The molecule has 1 aromatic heterocycles. The van der Waals surface area contributed by atoms with Crippen LogP contribution < -0.4 is 5.32 Å². The zero-order valence-electron chi connectivity index (χ0n) is 9.13. The number of hydrogen-bond donors (Lipinski definition) is 1. The van der Waals surface area contributed by atoms with Gasteiger partial charge >= 0.3 is 0 Å². The van der Waals surface area contributed by atoms with Gasteiger partial charge in [0.25, 0.3) is 5.91 Å². The summed E-state index contributed by atoms with van der Waals surface area (Å²) in [6, 6.07) is -0.0452. The Morgan fingerprint density at radius 2 is 2.33 bits per heavy atom. The molecule has 0 aliphatic carbocycles. The first-order valence-corrected chi connectivity index (χ1v) is 4.73. The normalized spacial score (nSPS) is 11.9. The van der Waals surface area contributed by atoms with Gasteiger partial charge in [0.1, 0.15) is 11.3 Å². The summed E-state index contributed by atoms with van der Waals surface area (Å²) < 4.78 is 4.91. The van der Waals surface area contributed by atoms with Gasteiger partial charge in [-0.25, -0.2) is 0 Å². The Morgan fingerprint density at radius 1 is 1.67 bits per heavy atom. The molecule has 0 aromatic carbocycles. The highest BCUT2D eigenvalue weighted by Gasteiger charge is 2.18. The monoisotopic (exact) mass is 206 g/mol. The molecule has 4 nitrogen and oxygen atoms in total. The highest BCUT2D eigenvalue weighted by Crippen LogP contribution is 2.12. The van der Waals surface area contributed by atoms with Crippen LogP contribution in [0, 0.1) is 26.2 Å². The lowest BCUT2D eigenvalue weighted by atomic mass is 10.1. The number of nitrogens with one attached hydrogen (secondary N) is 1. The number of rotatable bonds is 3. The van der Waals surface area contributed by atoms with Crippen molar-refractivity contribution < 1.29 is 9.32 Å². The molecule has 1 heterocycles. The maximum atomic E-state index is 11.8. The van der Waals surface area contributed by atoms with Crippen LogP contribution >= 0.6 is 0 Å². The maximum Gasteiger partial charge on any atom is 0.257 e. The van der Waals surface area contributed by atoms with Crippen LogP contribution in [0.3, 0.4) is 0 Å². The maximum absolute atomic E-state index is 11.8. The average Bonchev–Trinajstić information content (AvgIpc) is 2.46. The molecule has 0 aliphatic heterocycles. The lowest BCUT2D eigenvalue weighted by Crippen LogP contribution is -2.32. The molecule has 0 radical (unpaired) electrons. The van der Waals surface area contributed by atoms with Gasteiger partial charge in [0, 0.05) is 12.5 Å². The van der Waals surface area contributed by atoms with Gasteiger partial charge in [-0.15, -0.1) is 12.3 Å². The van der Waals surface area contributed by atoms with Crippen molar-refractivity contribution in [3.63, 3.8) is 0 Å². The Labute approximate surface area is 89.0 Å². The first-order chi connectivity index (χ1) is 7.06. The number of carbonyl (C=O) groups excluding carboxylic acids is 1. The lowest BCUT2D eigenvalue weighted by molar-refractivity contribution is 0.0939. The van der Waals surface area contributed by atoms with E-state index in [1.165, 1.54) is 0 Å². The second kappa shape index (κ2) is 4.65. The van der Waals surface area contributed by atoms with Gasteiger partial charge in [-0.05, 0) is 20.8 Å². The molecular weight excluding hydrogens is 192 g/mol. The van der Waals surface area contributed by atoms with E-state index in [0.29, 0.717) is 23.4 Å². The Morgan fingerprint density at radius 3 is 2.80 bits per heavy atom. The molecule has 80 valence electrons. The van der Waals surface area contributed by atoms with E-state index in [9.17, 15) is 4.79 Å². The number of amides is 1. The highest BCUT2D eigenvalue weighted by molar-refractivity contribution is 5.96. The van der Waals surface area contributed by atoms with Gasteiger partial charge < -0.3 is 9.84 Å². The molecule has 1 atom stereocenters. The van der Waals surface area contributed by atoms with Crippen LogP contribution in [0.5, 0.6) is 0 Å². The highest BCUT2D eigenvalue weighted by atomic mass is 16.5. The largest absolute Gasteiger partial charge is 0.361 e. The number of nitrogens with zero attached hydrogens (tertiary/aromatic N) is 1. The van der Waals surface area contributed by atoms with E-state index >= 15 is 0 Å². The second-order valence-electron chi connectivity index (χ2n) is 3.48. The molecule has 1 amide bonds. The van der Waals surface area contributed by atoms with Crippen molar-refractivity contribution in [2.75, 3.05) is 0 Å². The molecule has 1 rings (SSSR count). The van der Waals surface area contributed by atoms with Gasteiger partial charge in [0.05, 0.1) is 5.69 Å². The minimum atomic E-state index is -0.186. The van der Waals surface area contributed by atoms with Crippen molar-refractivity contribution in [2.45, 2.75) is 33.2 Å². The fourth-order valence-corrected chi connectivity index (χ4v) is 1.33. The standard InChI is InChI=1S/C11H14N2O2/c1-5-6-7(2)12-11(14)10-8(3)13-15-9(10)4/h1,7H,6H2,2-4H3,(H,12,14). The van der Waals surface area contributed by atoms with Crippen LogP contribution in [0.25, 0.3) is 0 Å². The molecule has 0 spiro atoms. The molecule has 0 saturated heterocycles. The zero-order valence-corrected chi connectivity index (χ0v) is 9.13. The third-order valence-corrected chi connectivity index (χ3v) is 2.06. The van der Waals surface area contributed by atoms with E-state index < -0.39 is 0 Å². The molecule has 0 aliphatic rings. The Balaban J connectivity index is 2.74. The molecular formula is C11H14N2O2. The quantitative estimate of drug-likeness (QED) is 0.761. The second-order valence-corrected chi connectivity index (χ2v) is 3.48. The SMILES string of the molecule is C#CCC(C)NC(=O)c1c(C)noc1C. The predicted octanol–water partition coefficient (Wildman–Crippen LogP) is 1.43. The third kappa shape index (κ3) is 2.59. The molecule has 0 saturated carbocycles. The van der Waals surface area contributed by atoms with Crippen LogP contribution in [0.2, 0.25) is 0 Å². The van der Waals surface area contributed by atoms with Crippen LogP contribution in [-0.4, -0.2) is 17.1 Å². The minimum Gasteiger partial charge on any atom is -0.361 e. The van der Waals surface area contributed by atoms with Crippen LogP contribution in [0.15, 0.2) is 4.52 Å². The van der Waals surface area contributed by atoms with Crippen molar-refractivity contribution >= 4 is 5.91 Å². The van der Waals surface area contributed by atoms with Gasteiger partial charge in [-0.1, -0.05) is 5.16 Å². The fourth-order valence-electron chi connectivity index (χ4n) is 1.33. The lowest BCUT2D eigenvalue weighted by Gasteiger charge is -2.10. The Hall–Kier alpha value is -1.76. The first-order valence-electron chi connectivity index (χ1n) is 4.73. The van der Waals surface area contributed by atoms with Gasteiger partial charge in [0.2, 0.25) is 0 Å². The predicted molar refractivity (Wildman–Crippen MR) is 56.4 cm³/mol. The summed E-state index contributed by atoms with van der Waals surface area (Å²) in [5.41, 5.74) is 1.09. The van der Waals surface area contributed by atoms with Crippen LogP contribution in [-0.2, 0) is 0 Å². The summed E-state index contributed by atoms with van der Waals surface area (Å²) >= 11 is 0. The van der Waals surface area contributed by atoms with Gasteiger partial charge in [-0.3, -0.25) is 4.79 Å². The summed E-state index contributed by atoms with van der Waals surface area (Å²) in [6.45, 7) is 5.30. The smallest absolute Gasteiger partial charge is 0.257 e. The number of terminal acetylenes is 1. The van der Waals surface area contributed by atoms with Crippen molar-refractivity contribution in [1.29, 1.82) is 0 Å². The third-order valence-electron chi connectivity index (χ3n) is 2.06. The summed E-state index contributed by atoms with van der Waals surface area (Å²) in [4.78, 5) is 11.8. The summed E-state index contributed by atoms with van der Waals surface area (Å²) in [5.74, 6) is 2.83.